The van der Waals surface area contributed by atoms with E-state index in [0.29, 0.717) is 13.1 Å². The maximum absolute atomic E-state index is 8.88. The first kappa shape index (κ1) is 11.7. The predicted molar refractivity (Wildman–Crippen MR) is 59.7 cm³/mol. The summed E-state index contributed by atoms with van der Waals surface area (Å²) in [7, 11) is 0. The van der Waals surface area contributed by atoms with Crippen LogP contribution in [-0.4, -0.2) is 34.9 Å². The fourth-order valence-electron chi connectivity index (χ4n) is 1.27. The normalized spacial score (nSPS) is 10.0. The fraction of sp³-hybridized carbons (Fsp3) is 0.364. The summed E-state index contributed by atoms with van der Waals surface area (Å²) in [6, 6.07) is 3.64. The number of hydrogen-bond acceptors (Lipinski definition) is 4. The van der Waals surface area contributed by atoms with Gasteiger partial charge in [0, 0.05) is 19.3 Å². The predicted octanol–water partition coefficient (Wildman–Crippen LogP) is 0.559. The monoisotopic (exact) mass is 208 g/mol. The van der Waals surface area contributed by atoms with Crippen LogP contribution in [-0.2, 0) is 6.61 Å². The molecule has 0 spiro atoms. The summed E-state index contributed by atoms with van der Waals surface area (Å²) >= 11 is 0. The van der Waals surface area contributed by atoms with Crippen molar-refractivity contribution in [3.63, 3.8) is 0 Å². The largest absolute Gasteiger partial charge is 0.395 e. The highest BCUT2D eigenvalue weighted by molar-refractivity contribution is 5.39. The molecule has 4 heteroatoms. The van der Waals surface area contributed by atoms with Crippen LogP contribution in [0, 0.1) is 0 Å². The Morgan fingerprint density at radius 1 is 1.40 bits per heavy atom. The third-order valence-electron chi connectivity index (χ3n) is 2.04. The molecule has 0 saturated heterocycles. The highest BCUT2D eigenvalue weighted by Gasteiger charge is 2.04. The molecule has 2 N–H and O–H groups in total. The fourth-order valence-corrected chi connectivity index (χ4v) is 1.27. The molecule has 1 rings (SSSR count). The average molecular weight is 208 g/mol. The Hall–Kier alpha value is -1.39. The Kier molecular flexibility index (Phi) is 4.80. The number of hydrogen-bond donors (Lipinski definition) is 2. The number of anilines is 1. The van der Waals surface area contributed by atoms with Gasteiger partial charge in [-0.1, -0.05) is 12.1 Å². The van der Waals surface area contributed by atoms with Crippen molar-refractivity contribution >= 4 is 5.82 Å². The van der Waals surface area contributed by atoms with Gasteiger partial charge in [-0.05, 0) is 11.6 Å². The van der Waals surface area contributed by atoms with Gasteiger partial charge >= 0.3 is 0 Å². The van der Waals surface area contributed by atoms with Gasteiger partial charge in [0.1, 0.15) is 5.82 Å². The molecule has 0 saturated carbocycles. The summed E-state index contributed by atoms with van der Waals surface area (Å²) in [5.74, 6) is 0.779. The van der Waals surface area contributed by atoms with Gasteiger partial charge in [-0.25, -0.2) is 4.98 Å². The SMILES string of the molecule is C=CCN(CCO)c1ccc(CO)cn1. The molecular formula is C11H16N2O2. The minimum atomic E-state index is -0.00522. The summed E-state index contributed by atoms with van der Waals surface area (Å²) in [5, 5.41) is 17.7. The molecular weight excluding hydrogens is 192 g/mol. The molecule has 0 aliphatic carbocycles. The minimum Gasteiger partial charge on any atom is -0.395 e. The van der Waals surface area contributed by atoms with E-state index in [0.717, 1.165) is 11.4 Å². The second-order valence-electron chi connectivity index (χ2n) is 3.14. The van der Waals surface area contributed by atoms with E-state index in [1.165, 1.54) is 0 Å². The molecule has 15 heavy (non-hydrogen) atoms. The Morgan fingerprint density at radius 3 is 2.67 bits per heavy atom. The van der Waals surface area contributed by atoms with E-state index in [9.17, 15) is 0 Å². The number of aromatic nitrogens is 1. The first-order chi connectivity index (χ1) is 7.31. The molecule has 0 fully saturated rings. The topological polar surface area (TPSA) is 56.6 Å². The van der Waals surface area contributed by atoms with E-state index >= 15 is 0 Å². The summed E-state index contributed by atoms with van der Waals surface area (Å²) < 4.78 is 0. The van der Waals surface area contributed by atoms with Crippen LogP contribution >= 0.6 is 0 Å². The zero-order chi connectivity index (χ0) is 11.1. The van der Waals surface area contributed by atoms with Crippen molar-refractivity contribution in [3.8, 4) is 0 Å². The van der Waals surface area contributed by atoms with Crippen LogP contribution in [0.3, 0.4) is 0 Å². The van der Waals surface area contributed by atoms with Gasteiger partial charge in [-0.15, -0.1) is 6.58 Å². The summed E-state index contributed by atoms with van der Waals surface area (Å²) in [6.07, 6.45) is 3.39. The van der Waals surface area contributed by atoms with Crippen molar-refractivity contribution in [3.05, 3.63) is 36.5 Å². The second kappa shape index (κ2) is 6.16. The molecule has 0 bridgehead atoms. The first-order valence-electron chi connectivity index (χ1n) is 4.84. The minimum absolute atomic E-state index is 0.00522. The van der Waals surface area contributed by atoms with E-state index in [1.807, 2.05) is 17.0 Å². The van der Waals surface area contributed by atoms with Crippen LogP contribution in [0.4, 0.5) is 5.82 Å². The van der Waals surface area contributed by atoms with Crippen LogP contribution in [0.5, 0.6) is 0 Å². The van der Waals surface area contributed by atoms with Gasteiger partial charge in [-0.2, -0.15) is 0 Å². The van der Waals surface area contributed by atoms with E-state index in [2.05, 4.69) is 11.6 Å². The number of nitrogens with zero attached hydrogens (tertiary/aromatic N) is 2. The third-order valence-corrected chi connectivity index (χ3v) is 2.04. The van der Waals surface area contributed by atoms with Crippen LogP contribution in [0.25, 0.3) is 0 Å². The third kappa shape index (κ3) is 3.34. The summed E-state index contributed by atoms with van der Waals surface area (Å²) in [6.45, 7) is 4.90. The highest BCUT2D eigenvalue weighted by Crippen LogP contribution is 2.10. The lowest BCUT2D eigenvalue weighted by molar-refractivity contribution is 0.281. The molecule has 0 aliphatic rings. The van der Waals surface area contributed by atoms with E-state index in [1.54, 1.807) is 12.3 Å². The zero-order valence-electron chi connectivity index (χ0n) is 8.63. The molecule has 0 aliphatic heterocycles. The molecule has 82 valence electrons. The molecule has 0 amide bonds. The molecule has 0 unspecified atom stereocenters. The number of rotatable bonds is 6. The maximum atomic E-state index is 8.88. The maximum Gasteiger partial charge on any atom is 0.128 e. The van der Waals surface area contributed by atoms with Crippen molar-refractivity contribution in [2.24, 2.45) is 0 Å². The van der Waals surface area contributed by atoms with Crippen LogP contribution in [0.2, 0.25) is 0 Å². The molecule has 4 nitrogen and oxygen atoms in total. The van der Waals surface area contributed by atoms with Gasteiger partial charge < -0.3 is 15.1 Å². The lowest BCUT2D eigenvalue weighted by Gasteiger charge is -2.20. The Bertz CT molecular complexity index is 298. The Balaban J connectivity index is 2.76. The molecule has 0 atom stereocenters. The van der Waals surface area contributed by atoms with Crippen molar-refractivity contribution in [2.45, 2.75) is 6.61 Å². The van der Waals surface area contributed by atoms with E-state index in [-0.39, 0.29) is 13.2 Å². The van der Waals surface area contributed by atoms with Gasteiger partial charge in [0.15, 0.2) is 0 Å². The Morgan fingerprint density at radius 2 is 2.20 bits per heavy atom. The molecule has 1 aromatic rings. The highest BCUT2D eigenvalue weighted by atomic mass is 16.3. The Labute approximate surface area is 89.5 Å². The van der Waals surface area contributed by atoms with Crippen molar-refractivity contribution in [1.82, 2.24) is 4.98 Å². The van der Waals surface area contributed by atoms with Crippen LogP contribution in [0.15, 0.2) is 31.0 Å². The van der Waals surface area contributed by atoms with Crippen molar-refractivity contribution < 1.29 is 10.2 Å². The second-order valence-corrected chi connectivity index (χ2v) is 3.14. The van der Waals surface area contributed by atoms with E-state index in [4.69, 9.17) is 10.2 Å². The van der Waals surface area contributed by atoms with Crippen molar-refractivity contribution in [1.29, 1.82) is 0 Å². The number of aliphatic hydroxyl groups is 2. The van der Waals surface area contributed by atoms with Crippen LogP contribution < -0.4 is 4.90 Å². The smallest absolute Gasteiger partial charge is 0.128 e. The lowest BCUT2D eigenvalue weighted by Crippen LogP contribution is -2.27. The molecule has 0 aromatic carbocycles. The van der Waals surface area contributed by atoms with Gasteiger partial charge in [0.05, 0.1) is 13.2 Å². The molecule has 1 heterocycles. The quantitative estimate of drug-likeness (QED) is 0.671. The average Bonchev–Trinajstić information content (AvgIpc) is 2.29. The number of aliphatic hydroxyl groups excluding tert-OH is 2. The van der Waals surface area contributed by atoms with Crippen molar-refractivity contribution in [2.75, 3.05) is 24.6 Å². The number of pyridine rings is 1. The summed E-state index contributed by atoms with van der Waals surface area (Å²) in [4.78, 5) is 6.10. The lowest BCUT2D eigenvalue weighted by atomic mass is 10.3. The van der Waals surface area contributed by atoms with Gasteiger partial charge in [0.2, 0.25) is 0 Å². The van der Waals surface area contributed by atoms with Gasteiger partial charge in [0.25, 0.3) is 0 Å². The zero-order valence-corrected chi connectivity index (χ0v) is 8.63. The molecule has 0 radical (unpaired) electrons. The first-order valence-corrected chi connectivity index (χ1v) is 4.84. The summed E-state index contributed by atoms with van der Waals surface area (Å²) in [5.41, 5.74) is 0.779. The molecule has 1 aromatic heterocycles. The van der Waals surface area contributed by atoms with Gasteiger partial charge in [-0.3, -0.25) is 0 Å². The van der Waals surface area contributed by atoms with Crippen LogP contribution in [0.1, 0.15) is 5.56 Å². The standard InChI is InChI=1S/C11H16N2O2/c1-2-5-13(6-7-14)11-4-3-10(9-15)8-12-11/h2-4,8,14-15H,1,5-7,9H2. The van der Waals surface area contributed by atoms with E-state index < -0.39 is 0 Å².